The van der Waals surface area contributed by atoms with Crippen molar-refractivity contribution in [3.05, 3.63) is 12.2 Å². The summed E-state index contributed by atoms with van der Waals surface area (Å²) in [5.41, 5.74) is 0. The van der Waals surface area contributed by atoms with Crippen LogP contribution < -0.4 is 0 Å². The van der Waals surface area contributed by atoms with Gasteiger partial charge >= 0.3 is 0 Å². The average molecular weight is 172 g/mol. The largest absolute Gasteiger partial charge is 0.299 e. The van der Waals surface area contributed by atoms with E-state index in [4.69, 9.17) is 11.6 Å². The van der Waals surface area contributed by atoms with E-state index < -0.39 is 11.8 Å². The van der Waals surface area contributed by atoms with Crippen LogP contribution in [0.1, 0.15) is 6.92 Å². The minimum absolute atomic E-state index is 0.132. The number of halogens is 1. The summed E-state index contributed by atoms with van der Waals surface area (Å²) in [6.07, 6.45) is 2.91. The number of ketones is 1. The number of nitrogens with zero attached hydrogens (tertiary/aromatic N) is 1. The number of carbonyl (C=O) groups is 2. The predicted molar refractivity (Wildman–Crippen MR) is 41.6 cm³/mol. The fourth-order valence-electron chi connectivity index (χ4n) is 0.779. The quantitative estimate of drug-likeness (QED) is 0.551. The molecule has 0 spiro atoms. The Kier molecular flexibility index (Phi) is 2.19. The first kappa shape index (κ1) is 8.14. The minimum Gasteiger partial charge on any atom is -0.299 e. The molecule has 1 aliphatic rings. The highest BCUT2D eigenvalue weighted by Gasteiger charge is 2.22. The first-order chi connectivity index (χ1) is 5.11. The molecule has 1 unspecified atom stereocenters. The molecule has 58 valence electrons. The van der Waals surface area contributed by atoms with Crippen LogP contribution in [0.25, 0.3) is 0 Å². The van der Waals surface area contributed by atoms with Crippen molar-refractivity contribution in [1.82, 2.24) is 0 Å². The second-order valence-electron chi connectivity index (χ2n) is 2.22. The third kappa shape index (κ3) is 1.74. The highest BCUT2D eigenvalue weighted by molar-refractivity contribution is 6.69. The SMILES string of the molecule is CC(=O)C1C=CC(Cl)=NC1=O. The summed E-state index contributed by atoms with van der Waals surface area (Å²) >= 11 is 5.41. The Morgan fingerprint density at radius 2 is 2.36 bits per heavy atom. The number of dihydropyridines is 1. The molecule has 1 atom stereocenters. The zero-order valence-corrected chi connectivity index (χ0v) is 6.63. The normalized spacial score (nSPS) is 23.3. The Morgan fingerprint density at radius 3 is 2.82 bits per heavy atom. The van der Waals surface area contributed by atoms with Crippen molar-refractivity contribution in [3.63, 3.8) is 0 Å². The Morgan fingerprint density at radius 1 is 1.73 bits per heavy atom. The molecule has 11 heavy (non-hydrogen) atoms. The lowest BCUT2D eigenvalue weighted by Crippen LogP contribution is -2.21. The molecule has 1 aliphatic heterocycles. The van der Waals surface area contributed by atoms with Gasteiger partial charge in [0.1, 0.15) is 16.9 Å². The molecule has 0 aliphatic carbocycles. The van der Waals surface area contributed by atoms with Crippen LogP contribution in [-0.4, -0.2) is 16.9 Å². The average Bonchev–Trinajstić information content (AvgIpc) is 1.85. The Balaban J connectivity index is 2.86. The molecule has 0 aromatic rings. The van der Waals surface area contributed by atoms with Crippen LogP contribution in [0.5, 0.6) is 0 Å². The first-order valence-electron chi connectivity index (χ1n) is 3.08. The number of Topliss-reactive ketones (excluding diaryl/α,β-unsaturated/α-hetero) is 1. The van der Waals surface area contributed by atoms with Gasteiger partial charge in [0.25, 0.3) is 5.91 Å². The molecule has 0 saturated carbocycles. The monoisotopic (exact) mass is 171 g/mol. The fourth-order valence-corrected chi connectivity index (χ4v) is 0.935. The number of carbonyl (C=O) groups excluding carboxylic acids is 2. The van der Waals surface area contributed by atoms with Gasteiger partial charge in [-0.2, -0.15) is 0 Å². The number of amides is 1. The Bertz CT molecular complexity index is 268. The zero-order valence-electron chi connectivity index (χ0n) is 5.87. The van der Waals surface area contributed by atoms with Crippen molar-refractivity contribution in [2.45, 2.75) is 6.92 Å². The van der Waals surface area contributed by atoms with Crippen molar-refractivity contribution in [1.29, 1.82) is 0 Å². The van der Waals surface area contributed by atoms with E-state index in [0.29, 0.717) is 0 Å². The van der Waals surface area contributed by atoms with Crippen molar-refractivity contribution in [2.24, 2.45) is 10.9 Å². The molecule has 1 heterocycles. The second-order valence-corrected chi connectivity index (χ2v) is 2.61. The molecule has 4 heteroatoms. The summed E-state index contributed by atoms with van der Waals surface area (Å²) in [5, 5.41) is 0.132. The summed E-state index contributed by atoms with van der Waals surface area (Å²) < 4.78 is 0. The summed E-state index contributed by atoms with van der Waals surface area (Å²) in [6.45, 7) is 1.35. The lowest BCUT2D eigenvalue weighted by Gasteiger charge is -2.06. The standard InChI is InChI=1S/C7H6ClNO2/c1-4(10)5-2-3-6(8)9-7(5)11/h2-3,5H,1H3. The van der Waals surface area contributed by atoms with Gasteiger partial charge in [0.15, 0.2) is 0 Å². The second kappa shape index (κ2) is 2.96. The molecule has 0 saturated heterocycles. The van der Waals surface area contributed by atoms with E-state index in [9.17, 15) is 9.59 Å². The van der Waals surface area contributed by atoms with Crippen LogP contribution in [0.4, 0.5) is 0 Å². The van der Waals surface area contributed by atoms with Crippen LogP contribution in [0.2, 0.25) is 0 Å². The maximum Gasteiger partial charge on any atom is 0.261 e. The molecule has 0 aromatic heterocycles. The number of aliphatic imine (C=N–C) groups is 1. The summed E-state index contributed by atoms with van der Waals surface area (Å²) in [7, 11) is 0. The maximum atomic E-state index is 10.9. The number of allylic oxidation sites excluding steroid dienone is 1. The predicted octanol–water partition coefficient (Wildman–Crippen LogP) is 0.925. The van der Waals surface area contributed by atoms with Crippen molar-refractivity contribution in [3.8, 4) is 0 Å². The van der Waals surface area contributed by atoms with E-state index in [0.717, 1.165) is 0 Å². The third-order valence-electron chi connectivity index (χ3n) is 1.35. The van der Waals surface area contributed by atoms with Crippen LogP contribution in [0, 0.1) is 5.92 Å². The number of rotatable bonds is 1. The van der Waals surface area contributed by atoms with Gasteiger partial charge in [-0.1, -0.05) is 17.7 Å². The summed E-state index contributed by atoms with van der Waals surface area (Å²) in [5.74, 6) is -1.42. The molecule has 1 rings (SSSR count). The van der Waals surface area contributed by atoms with Gasteiger partial charge in [-0.3, -0.25) is 9.59 Å². The third-order valence-corrected chi connectivity index (χ3v) is 1.56. The molecular formula is C7H6ClNO2. The molecular weight excluding hydrogens is 166 g/mol. The van der Waals surface area contributed by atoms with E-state index in [-0.39, 0.29) is 11.0 Å². The highest BCUT2D eigenvalue weighted by atomic mass is 35.5. The molecule has 0 radical (unpaired) electrons. The van der Waals surface area contributed by atoms with Crippen LogP contribution in [0.3, 0.4) is 0 Å². The van der Waals surface area contributed by atoms with Gasteiger partial charge in [0.2, 0.25) is 0 Å². The smallest absolute Gasteiger partial charge is 0.261 e. The number of hydrogen-bond acceptors (Lipinski definition) is 2. The van der Waals surface area contributed by atoms with Gasteiger partial charge < -0.3 is 0 Å². The fraction of sp³-hybridized carbons (Fsp3) is 0.286. The zero-order chi connectivity index (χ0) is 8.43. The van der Waals surface area contributed by atoms with Crippen LogP contribution >= 0.6 is 11.6 Å². The lowest BCUT2D eigenvalue weighted by atomic mass is 10.0. The molecule has 1 amide bonds. The minimum atomic E-state index is -0.725. The topological polar surface area (TPSA) is 46.5 Å². The van der Waals surface area contributed by atoms with Gasteiger partial charge in [-0.15, -0.1) is 0 Å². The molecule has 0 bridgehead atoms. The molecule has 3 nitrogen and oxygen atoms in total. The maximum absolute atomic E-state index is 10.9. The van der Waals surface area contributed by atoms with E-state index >= 15 is 0 Å². The van der Waals surface area contributed by atoms with Crippen molar-refractivity contribution >= 4 is 28.5 Å². The van der Waals surface area contributed by atoms with Crippen LogP contribution in [-0.2, 0) is 9.59 Å². The molecule has 0 N–H and O–H groups in total. The summed E-state index contributed by atoms with van der Waals surface area (Å²) in [4.78, 5) is 25.1. The van der Waals surface area contributed by atoms with E-state index in [1.807, 2.05) is 0 Å². The Hall–Kier alpha value is -0.960. The number of hydrogen-bond donors (Lipinski definition) is 0. The van der Waals surface area contributed by atoms with Crippen LogP contribution in [0.15, 0.2) is 17.1 Å². The first-order valence-corrected chi connectivity index (χ1v) is 3.46. The van der Waals surface area contributed by atoms with Crippen molar-refractivity contribution in [2.75, 3.05) is 0 Å². The van der Waals surface area contributed by atoms with Gasteiger partial charge in [-0.05, 0) is 13.0 Å². The van der Waals surface area contributed by atoms with Gasteiger partial charge in [0, 0.05) is 0 Å². The van der Waals surface area contributed by atoms with Gasteiger partial charge in [-0.25, -0.2) is 4.99 Å². The van der Waals surface area contributed by atoms with Crippen molar-refractivity contribution < 1.29 is 9.59 Å². The van der Waals surface area contributed by atoms with E-state index in [2.05, 4.69) is 4.99 Å². The lowest BCUT2D eigenvalue weighted by molar-refractivity contribution is -0.128. The molecule has 0 fully saturated rings. The Labute approximate surface area is 68.8 Å². The highest BCUT2D eigenvalue weighted by Crippen LogP contribution is 2.10. The molecule has 0 aromatic carbocycles. The summed E-state index contributed by atoms with van der Waals surface area (Å²) in [6, 6.07) is 0. The van der Waals surface area contributed by atoms with E-state index in [1.165, 1.54) is 19.1 Å². The van der Waals surface area contributed by atoms with E-state index in [1.54, 1.807) is 0 Å². The van der Waals surface area contributed by atoms with Gasteiger partial charge in [0.05, 0.1) is 0 Å².